The normalized spacial score (nSPS) is 16.8. The third kappa shape index (κ3) is 4.68. The maximum Gasteiger partial charge on any atom is 0.130 e. The van der Waals surface area contributed by atoms with Crippen molar-refractivity contribution >= 4 is 23.9 Å². The van der Waals surface area contributed by atoms with Gasteiger partial charge in [0.1, 0.15) is 18.2 Å². The summed E-state index contributed by atoms with van der Waals surface area (Å²) >= 11 is 0. The quantitative estimate of drug-likeness (QED) is 0.639. The second-order valence-corrected chi connectivity index (χ2v) is 7.36. The highest BCUT2D eigenvalue weighted by molar-refractivity contribution is 6.03. The molecule has 2 aromatic rings. The average molecular weight is 401 g/mol. The topological polar surface area (TPSA) is 34.1 Å². The van der Waals surface area contributed by atoms with E-state index < -0.39 is 0 Å². The van der Waals surface area contributed by atoms with E-state index in [2.05, 4.69) is 41.3 Å². The fraction of sp³-hybridized carbons (Fsp3) is 0.435. The molecule has 0 radical (unpaired) electrons. The molecule has 0 amide bonds. The predicted octanol–water partition coefficient (Wildman–Crippen LogP) is 5.21. The molecule has 28 heavy (non-hydrogen) atoms. The zero-order chi connectivity index (χ0) is 18.5. The van der Waals surface area contributed by atoms with E-state index in [1.807, 2.05) is 12.1 Å². The van der Waals surface area contributed by atoms with Gasteiger partial charge in [-0.25, -0.2) is 0 Å². The van der Waals surface area contributed by atoms with Crippen LogP contribution >= 0.6 is 12.4 Å². The molecule has 0 aromatic heterocycles. The smallest absolute Gasteiger partial charge is 0.130 e. The number of hydrogen-bond donors (Lipinski definition) is 0. The number of hydrogen-bond acceptors (Lipinski definition) is 4. The summed E-state index contributed by atoms with van der Waals surface area (Å²) in [5.74, 6) is 2.66. The first-order chi connectivity index (χ1) is 13.3. The first-order valence-corrected chi connectivity index (χ1v) is 9.97. The van der Waals surface area contributed by atoms with Crippen LogP contribution in [-0.2, 0) is 4.74 Å². The second-order valence-electron chi connectivity index (χ2n) is 7.36. The lowest BCUT2D eigenvalue weighted by atomic mass is 10.0. The standard InChI is InChI=1S/C23H28N2O2.ClH/c1-26-20-10-6-9-19(15-20)21-11-4-5-12-22(21)25-14-13-24-23(25)17-27-16-18-7-2-3-8-18;/h4-6,9-12,15,18H,2-3,7-8,13-14,16-17H2,1H3;1H. The van der Waals surface area contributed by atoms with Crippen molar-refractivity contribution in [1.29, 1.82) is 0 Å². The highest BCUT2D eigenvalue weighted by Gasteiger charge is 2.22. The Balaban J connectivity index is 0.00000225. The van der Waals surface area contributed by atoms with Gasteiger partial charge in [0.05, 0.1) is 19.3 Å². The fourth-order valence-electron chi connectivity index (χ4n) is 4.11. The molecule has 1 saturated carbocycles. The van der Waals surface area contributed by atoms with Crippen LogP contribution < -0.4 is 9.64 Å². The van der Waals surface area contributed by atoms with Gasteiger partial charge < -0.3 is 14.4 Å². The molecule has 4 rings (SSSR count). The van der Waals surface area contributed by atoms with E-state index in [0.29, 0.717) is 6.61 Å². The molecular formula is C23H29ClN2O2. The maximum absolute atomic E-state index is 6.04. The molecule has 1 aliphatic carbocycles. The van der Waals surface area contributed by atoms with Crippen molar-refractivity contribution < 1.29 is 9.47 Å². The SMILES string of the molecule is COc1cccc(-c2ccccc2N2CCN=C2COCC2CCCC2)c1.Cl. The van der Waals surface area contributed by atoms with Gasteiger partial charge in [-0.05, 0) is 42.5 Å². The van der Waals surface area contributed by atoms with E-state index in [9.17, 15) is 0 Å². The van der Waals surface area contributed by atoms with Gasteiger partial charge in [-0.15, -0.1) is 12.4 Å². The molecule has 0 N–H and O–H groups in total. The number of benzene rings is 2. The Bertz CT molecular complexity index is 803. The first kappa shape index (κ1) is 20.7. The molecule has 0 bridgehead atoms. The highest BCUT2D eigenvalue weighted by Crippen LogP contribution is 2.33. The number of para-hydroxylation sites is 1. The summed E-state index contributed by atoms with van der Waals surface area (Å²) in [4.78, 5) is 7.03. The van der Waals surface area contributed by atoms with Crippen LogP contribution in [0.2, 0.25) is 0 Å². The molecule has 2 aliphatic rings. The molecule has 4 nitrogen and oxygen atoms in total. The van der Waals surface area contributed by atoms with E-state index in [4.69, 9.17) is 14.5 Å². The summed E-state index contributed by atoms with van der Waals surface area (Å²) in [5.41, 5.74) is 3.54. The monoisotopic (exact) mass is 400 g/mol. The molecule has 5 heteroatoms. The summed E-state index contributed by atoms with van der Waals surface area (Å²) in [6.45, 7) is 3.20. The van der Waals surface area contributed by atoms with E-state index in [0.717, 1.165) is 42.8 Å². The number of amidine groups is 1. The number of anilines is 1. The maximum atomic E-state index is 6.04. The van der Waals surface area contributed by atoms with Crippen LogP contribution in [0.4, 0.5) is 5.69 Å². The van der Waals surface area contributed by atoms with Crippen LogP contribution in [0.5, 0.6) is 5.75 Å². The van der Waals surface area contributed by atoms with Crippen LogP contribution in [0.3, 0.4) is 0 Å². The van der Waals surface area contributed by atoms with E-state index in [1.165, 1.54) is 36.9 Å². The van der Waals surface area contributed by atoms with Gasteiger partial charge in [0, 0.05) is 18.7 Å². The lowest BCUT2D eigenvalue weighted by molar-refractivity contribution is 0.132. The average Bonchev–Trinajstić information content (AvgIpc) is 3.40. The lowest BCUT2D eigenvalue weighted by Crippen LogP contribution is -2.31. The Morgan fingerprint density at radius 2 is 1.89 bits per heavy atom. The molecular weight excluding hydrogens is 372 g/mol. The minimum Gasteiger partial charge on any atom is -0.497 e. The van der Waals surface area contributed by atoms with Crippen LogP contribution in [-0.4, -0.2) is 39.2 Å². The van der Waals surface area contributed by atoms with Gasteiger partial charge in [0.25, 0.3) is 0 Å². The number of ether oxygens (including phenoxy) is 2. The fourth-order valence-corrected chi connectivity index (χ4v) is 4.11. The zero-order valence-corrected chi connectivity index (χ0v) is 17.3. The number of nitrogens with zero attached hydrogens (tertiary/aromatic N) is 2. The molecule has 1 fully saturated rings. The van der Waals surface area contributed by atoms with Crippen LogP contribution in [0, 0.1) is 5.92 Å². The molecule has 150 valence electrons. The van der Waals surface area contributed by atoms with Crippen molar-refractivity contribution in [3.63, 3.8) is 0 Å². The number of aliphatic imine (C=N–C) groups is 1. The molecule has 1 heterocycles. The van der Waals surface area contributed by atoms with E-state index in [1.54, 1.807) is 7.11 Å². The number of halogens is 1. The van der Waals surface area contributed by atoms with E-state index in [-0.39, 0.29) is 12.4 Å². The Morgan fingerprint density at radius 1 is 1.07 bits per heavy atom. The summed E-state index contributed by atoms with van der Waals surface area (Å²) in [5, 5.41) is 0. The van der Waals surface area contributed by atoms with Gasteiger partial charge in [0.15, 0.2) is 0 Å². The lowest BCUT2D eigenvalue weighted by Gasteiger charge is -2.24. The molecule has 1 aliphatic heterocycles. The van der Waals surface area contributed by atoms with Gasteiger partial charge in [-0.2, -0.15) is 0 Å². The minimum atomic E-state index is 0. The molecule has 0 spiro atoms. The Labute approximate surface area is 174 Å². The van der Waals surface area contributed by atoms with Crippen LogP contribution in [0.15, 0.2) is 53.5 Å². The Hall–Kier alpha value is -2.04. The third-order valence-electron chi connectivity index (χ3n) is 5.56. The molecule has 2 aromatic carbocycles. The summed E-state index contributed by atoms with van der Waals surface area (Å²) in [7, 11) is 1.71. The van der Waals surface area contributed by atoms with Crippen molar-refractivity contribution in [3.8, 4) is 16.9 Å². The van der Waals surface area contributed by atoms with E-state index >= 15 is 0 Å². The highest BCUT2D eigenvalue weighted by atomic mass is 35.5. The van der Waals surface area contributed by atoms with Crippen molar-refractivity contribution in [2.75, 3.05) is 38.3 Å². The van der Waals surface area contributed by atoms with Crippen LogP contribution in [0.25, 0.3) is 11.1 Å². The van der Waals surface area contributed by atoms with Gasteiger partial charge in [-0.3, -0.25) is 4.99 Å². The Kier molecular flexibility index (Phi) is 7.35. The largest absolute Gasteiger partial charge is 0.497 e. The minimum absolute atomic E-state index is 0. The van der Waals surface area contributed by atoms with Gasteiger partial charge in [-0.1, -0.05) is 43.2 Å². The molecule has 0 atom stereocenters. The summed E-state index contributed by atoms with van der Waals surface area (Å²) in [6, 6.07) is 16.7. The van der Waals surface area contributed by atoms with Crippen molar-refractivity contribution in [1.82, 2.24) is 0 Å². The molecule has 0 unspecified atom stereocenters. The molecule has 0 saturated heterocycles. The van der Waals surface area contributed by atoms with Crippen LogP contribution in [0.1, 0.15) is 25.7 Å². The number of methoxy groups -OCH3 is 1. The van der Waals surface area contributed by atoms with Gasteiger partial charge >= 0.3 is 0 Å². The summed E-state index contributed by atoms with van der Waals surface area (Å²) in [6.07, 6.45) is 5.34. The third-order valence-corrected chi connectivity index (χ3v) is 5.56. The zero-order valence-electron chi connectivity index (χ0n) is 16.5. The van der Waals surface area contributed by atoms with Crippen molar-refractivity contribution in [2.45, 2.75) is 25.7 Å². The predicted molar refractivity (Wildman–Crippen MR) is 118 cm³/mol. The Morgan fingerprint density at radius 3 is 2.71 bits per heavy atom. The van der Waals surface area contributed by atoms with Crippen molar-refractivity contribution in [2.24, 2.45) is 10.9 Å². The number of rotatable bonds is 7. The first-order valence-electron chi connectivity index (χ1n) is 9.97. The second kappa shape index (κ2) is 9.94. The van der Waals surface area contributed by atoms with Gasteiger partial charge in [0.2, 0.25) is 0 Å². The van der Waals surface area contributed by atoms with Crippen molar-refractivity contribution in [3.05, 3.63) is 48.5 Å². The summed E-state index contributed by atoms with van der Waals surface area (Å²) < 4.78 is 11.5.